The van der Waals surface area contributed by atoms with Crippen LogP contribution in [0.2, 0.25) is 0 Å². The van der Waals surface area contributed by atoms with E-state index in [2.05, 4.69) is 22.2 Å². The number of nitrogens with zero attached hydrogens (tertiary/aromatic N) is 1. The summed E-state index contributed by atoms with van der Waals surface area (Å²) in [5, 5.41) is 6.54. The number of benzene rings is 1. The average molecular weight is 465 g/mol. The van der Waals surface area contributed by atoms with Crippen LogP contribution in [0.15, 0.2) is 41.9 Å². The normalized spacial score (nSPS) is 11.9. The zero-order valence-electron chi connectivity index (χ0n) is 14.6. The Bertz CT molecular complexity index is 500. The Balaban J connectivity index is 0.00000529. The van der Waals surface area contributed by atoms with Crippen LogP contribution in [-0.4, -0.2) is 50.8 Å². The van der Waals surface area contributed by atoms with Crippen molar-refractivity contribution in [2.24, 2.45) is 4.99 Å². The second-order valence-corrected chi connectivity index (χ2v) is 5.97. The first-order chi connectivity index (χ1) is 11.2. The van der Waals surface area contributed by atoms with Gasteiger partial charge < -0.3 is 20.1 Å². The van der Waals surface area contributed by atoms with Gasteiger partial charge in [-0.25, -0.2) is 0 Å². The Morgan fingerprint density at radius 3 is 2.67 bits per heavy atom. The van der Waals surface area contributed by atoms with Crippen molar-refractivity contribution in [2.75, 3.05) is 38.8 Å². The molecule has 136 valence electrons. The predicted octanol–water partition coefficient (Wildman–Crippen LogP) is 3.16. The topological polar surface area (TPSA) is 54.9 Å². The lowest BCUT2D eigenvalue weighted by atomic mass is 10.3. The smallest absolute Gasteiger partial charge is 0.191 e. The van der Waals surface area contributed by atoms with E-state index in [9.17, 15) is 0 Å². The van der Waals surface area contributed by atoms with Crippen LogP contribution in [0.1, 0.15) is 6.92 Å². The molecule has 1 aromatic rings. The maximum atomic E-state index is 5.90. The summed E-state index contributed by atoms with van der Waals surface area (Å²) in [6.07, 6.45) is 1.90. The van der Waals surface area contributed by atoms with Gasteiger partial charge in [-0.3, -0.25) is 4.99 Å². The van der Waals surface area contributed by atoms with Crippen molar-refractivity contribution >= 4 is 41.7 Å². The molecule has 0 saturated carbocycles. The molecular formula is C17H28IN3O2S. The molecule has 1 rings (SSSR count). The molecule has 2 N–H and O–H groups in total. The molecule has 0 aliphatic heterocycles. The van der Waals surface area contributed by atoms with E-state index in [1.165, 1.54) is 0 Å². The van der Waals surface area contributed by atoms with E-state index in [0.29, 0.717) is 6.54 Å². The molecule has 1 aromatic carbocycles. The molecular weight excluding hydrogens is 437 g/mol. The maximum Gasteiger partial charge on any atom is 0.191 e. The number of hydrogen-bond donors (Lipinski definition) is 2. The van der Waals surface area contributed by atoms with Crippen LogP contribution < -0.4 is 20.1 Å². The van der Waals surface area contributed by atoms with Crippen LogP contribution in [0.25, 0.3) is 0 Å². The van der Waals surface area contributed by atoms with E-state index < -0.39 is 0 Å². The Labute approximate surface area is 166 Å². The fraction of sp³-hybridized carbons (Fsp3) is 0.471. The summed E-state index contributed by atoms with van der Waals surface area (Å²) in [4.78, 5) is 4.20. The SMILES string of the molecule is C=CCSCCNC(=NC)NCC(C)Oc1ccccc1OC.I. The highest BCUT2D eigenvalue weighted by Crippen LogP contribution is 2.26. The summed E-state index contributed by atoms with van der Waals surface area (Å²) < 4.78 is 11.2. The number of thioether (sulfide) groups is 1. The lowest BCUT2D eigenvalue weighted by molar-refractivity contribution is 0.213. The molecule has 1 unspecified atom stereocenters. The number of nitrogens with one attached hydrogen (secondary N) is 2. The van der Waals surface area contributed by atoms with E-state index in [0.717, 1.165) is 35.5 Å². The Morgan fingerprint density at radius 2 is 2.04 bits per heavy atom. The van der Waals surface area contributed by atoms with Crippen molar-refractivity contribution in [3.63, 3.8) is 0 Å². The number of aliphatic imine (C=N–C) groups is 1. The fourth-order valence-corrected chi connectivity index (χ4v) is 2.42. The van der Waals surface area contributed by atoms with Crippen LogP contribution >= 0.6 is 35.7 Å². The lowest BCUT2D eigenvalue weighted by Crippen LogP contribution is -2.42. The molecule has 1 atom stereocenters. The minimum absolute atomic E-state index is 0. The molecule has 0 amide bonds. The summed E-state index contributed by atoms with van der Waals surface area (Å²) in [5.41, 5.74) is 0. The summed E-state index contributed by atoms with van der Waals surface area (Å²) in [7, 11) is 3.40. The van der Waals surface area contributed by atoms with Crippen LogP contribution in [0, 0.1) is 0 Å². The minimum Gasteiger partial charge on any atom is -0.493 e. The van der Waals surface area contributed by atoms with Gasteiger partial charge in [-0.2, -0.15) is 11.8 Å². The van der Waals surface area contributed by atoms with E-state index in [4.69, 9.17) is 9.47 Å². The molecule has 5 nitrogen and oxygen atoms in total. The highest BCUT2D eigenvalue weighted by Gasteiger charge is 2.09. The van der Waals surface area contributed by atoms with E-state index in [1.54, 1.807) is 14.2 Å². The Hall–Kier alpha value is -1.09. The average Bonchev–Trinajstić information content (AvgIpc) is 2.58. The third kappa shape index (κ3) is 9.27. The minimum atomic E-state index is -0.0139. The van der Waals surface area contributed by atoms with Crippen molar-refractivity contribution in [3.8, 4) is 11.5 Å². The molecule has 0 heterocycles. The van der Waals surface area contributed by atoms with Crippen LogP contribution in [0.4, 0.5) is 0 Å². The second-order valence-electron chi connectivity index (χ2n) is 4.82. The van der Waals surface area contributed by atoms with Crippen LogP contribution in [0.3, 0.4) is 0 Å². The number of hydrogen-bond acceptors (Lipinski definition) is 4. The molecule has 0 aliphatic carbocycles. The van der Waals surface area contributed by atoms with Gasteiger partial charge in [0.05, 0.1) is 13.7 Å². The maximum absolute atomic E-state index is 5.90. The third-order valence-electron chi connectivity index (χ3n) is 2.95. The highest BCUT2D eigenvalue weighted by atomic mass is 127. The lowest BCUT2D eigenvalue weighted by Gasteiger charge is -2.19. The summed E-state index contributed by atoms with van der Waals surface area (Å²) in [6.45, 7) is 7.22. The quantitative estimate of drug-likeness (QED) is 0.183. The van der Waals surface area contributed by atoms with Crippen LogP contribution in [-0.2, 0) is 0 Å². The van der Waals surface area contributed by atoms with Crippen molar-refractivity contribution in [2.45, 2.75) is 13.0 Å². The Morgan fingerprint density at radius 1 is 1.33 bits per heavy atom. The first kappa shape index (κ1) is 22.9. The standard InChI is InChI=1S/C17H27N3O2S.HI/c1-5-11-23-12-10-19-17(18-3)20-13-14(2)22-16-9-7-6-8-15(16)21-4;/h5-9,14H,1,10-13H2,2-4H3,(H2,18,19,20);1H. The second kappa shape index (κ2) is 14.3. The van der Waals surface area contributed by atoms with Gasteiger partial charge in [-0.15, -0.1) is 30.6 Å². The van der Waals surface area contributed by atoms with Crippen molar-refractivity contribution in [1.82, 2.24) is 10.6 Å². The molecule has 0 bridgehead atoms. The molecule has 0 aliphatic rings. The monoisotopic (exact) mass is 465 g/mol. The number of methoxy groups -OCH3 is 1. The van der Waals surface area contributed by atoms with Crippen molar-refractivity contribution in [3.05, 3.63) is 36.9 Å². The van der Waals surface area contributed by atoms with Gasteiger partial charge in [0.25, 0.3) is 0 Å². The van der Waals surface area contributed by atoms with Gasteiger partial charge in [-0.1, -0.05) is 18.2 Å². The third-order valence-corrected chi connectivity index (χ3v) is 3.92. The first-order valence-corrected chi connectivity index (χ1v) is 8.79. The van der Waals surface area contributed by atoms with Gasteiger partial charge >= 0.3 is 0 Å². The molecule has 7 heteroatoms. The summed E-state index contributed by atoms with van der Waals surface area (Å²) >= 11 is 1.83. The zero-order chi connectivity index (χ0) is 16.9. The molecule has 0 radical (unpaired) electrons. The van der Waals surface area contributed by atoms with E-state index in [-0.39, 0.29) is 30.1 Å². The fourth-order valence-electron chi connectivity index (χ4n) is 1.84. The highest BCUT2D eigenvalue weighted by molar-refractivity contribution is 14.0. The molecule has 0 saturated heterocycles. The zero-order valence-corrected chi connectivity index (χ0v) is 17.7. The molecule has 24 heavy (non-hydrogen) atoms. The number of rotatable bonds is 10. The van der Waals surface area contributed by atoms with Gasteiger partial charge in [0.2, 0.25) is 0 Å². The largest absolute Gasteiger partial charge is 0.493 e. The summed E-state index contributed by atoms with van der Waals surface area (Å²) in [6, 6.07) is 7.64. The van der Waals surface area contributed by atoms with Gasteiger partial charge in [0.15, 0.2) is 17.5 Å². The van der Waals surface area contributed by atoms with E-state index >= 15 is 0 Å². The van der Waals surface area contributed by atoms with Gasteiger partial charge in [-0.05, 0) is 19.1 Å². The number of guanidine groups is 1. The van der Waals surface area contributed by atoms with E-state index in [1.807, 2.05) is 49.0 Å². The Kier molecular flexibility index (Phi) is 13.6. The number of ether oxygens (including phenoxy) is 2. The van der Waals surface area contributed by atoms with Crippen molar-refractivity contribution in [1.29, 1.82) is 0 Å². The molecule has 0 fully saturated rings. The number of para-hydroxylation sites is 2. The summed E-state index contributed by atoms with van der Waals surface area (Å²) in [5.74, 6) is 4.24. The molecule has 0 aromatic heterocycles. The van der Waals surface area contributed by atoms with Gasteiger partial charge in [0.1, 0.15) is 6.10 Å². The van der Waals surface area contributed by atoms with Gasteiger partial charge in [0, 0.05) is 25.1 Å². The number of halogens is 1. The van der Waals surface area contributed by atoms with Crippen molar-refractivity contribution < 1.29 is 9.47 Å². The first-order valence-electron chi connectivity index (χ1n) is 7.64. The molecule has 0 spiro atoms. The van der Waals surface area contributed by atoms with Crippen LogP contribution in [0.5, 0.6) is 11.5 Å². The predicted molar refractivity (Wildman–Crippen MR) is 115 cm³/mol.